The maximum atomic E-state index is 3.71. The molecule has 0 nitrogen and oxygen atoms in total. The van der Waals surface area contributed by atoms with E-state index in [-0.39, 0.29) is 37.7 Å². The third-order valence-corrected chi connectivity index (χ3v) is 1.88. The van der Waals surface area contributed by atoms with Crippen LogP contribution in [0.4, 0.5) is 0 Å². The van der Waals surface area contributed by atoms with Crippen LogP contribution in [-0.4, -0.2) is 37.7 Å². The molecule has 0 radical (unpaired) electrons. The van der Waals surface area contributed by atoms with E-state index in [1.54, 1.807) is 0 Å². The molecule has 0 aliphatic rings. The van der Waals surface area contributed by atoms with Crippen LogP contribution in [0, 0.1) is 6.92 Å². The van der Waals surface area contributed by atoms with E-state index < -0.39 is 0 Å². The third-order valence-electron chi connectivity index (χ3n) is 1.88. The molecule has 0 N–H and O–H groups in total. The average Bonchev–Trinajstić information content (AvgIpc) is 2.03. The molecule has 0 saturated heterocycles. The summed E-state index contributed by atoms with van der Waals surface area (Å²) >= 11 is 0. The van der Waals surface area contributed by atoms with Gasteiger partial charge in [-0.2, -0.15) is 0 Å². The van der Waals surface area contributed by atoms with Gasteiger partial charge in [0.2, 0.25) is 0 Å². The molecule has 0 heterocycles. The minimum absolute atomic E-state index is 0. The summed E-state index contributed by atoms with van der Waals surface area (Å²) in [7, 11) is 0. The van der Waals surface area contributed by atoms with Crippen LogP contribution in [0.1, 0.15) is 17.5 Å². The first kappa shape index (κ1) is 12.2. The molecule has 0 spiro atoms. The molecule has 0 aromatic heterocycles. The van der Waals surface area contributed by atoms with Gasteiger partial charge < -0.3 is 0 Å². The first-order chi connectivity index (χ1) is 5.34. The van der Waals surface area contributed by atoms with Crippen molar-refractivity contribution in [3.8, 4) is 0 Å². The Bertz CT molecular complexity index is 241. The molecule has 1 aromatic rings. The van der Waals surface area contributed by atoms with E-state index in [0.29, 0.717) is 0 Å². The molecule has 12 heavy (non-hydrogen) atoms. The van der Waals surface area contributed by atoms with E-state index in [2.05, 4.69) is 37.8 Å². The first-order valence-electron chi connectivity index (χ1n) is 4.00. The minimum atomic E-state index is 0. The van der Waals surface area contributed by atoms with E-state index >= 15 is 0 Å². The van der Waals surface area contributed by atoms with Gasteiger partial charge >= 0.3 is 37.7 Å². The Hall–Kier alpha value is 0.220. The van der Waals surface area contributed by atoms with Crippen molar-refractivity contribution in [3.05, 3.63) is 48.0 Å². The predicted molar refractivity (Wildman–Crippen MR) is 58.2 cm³/mol. The molecule has 0 aliphatic heterocycles. The Labute approximate surface area is 105 Å². The standard InChI is InChI=1S/C11H14.Ca.2H/c1-3-4-8-11-9-6-5-7-10(11)2;;;/h3,5-7,9H,1,4,8H2,2H3;;;. The summed E-state index contributed by atoms with van der Waals surface area (Å²) in [5.41, 5.74) is 2.82. The molecular formula is C11H16Ca. The van der Waals surface area contributed by atoms with Crippen molar-refractivity contribution in [1.29, 1.82) is 0 Å². The van der Waals surface area contributed by atoms with Gasteiger partial charge in [-0.25, -0.2) is 0 Å². The third kappa shape index (κ3) is 3.75. The van der Waals surface area contributed by atoms with Crippen LogP contribution in [0.3, 0.4) is 0 Å². The van der Waals surface area contributed by atoms with E-state index in [0.717, 1.165) is 12.8 Å². The molecule has 0 unspecified atom stereocenters. The molecule has 1 heteroatoms. The van der Waals surface area contributed by atoms with E-state index in [1.807, 2.05) is 6.08 Å². The molecule has 62 valence electrons. The monoisotopic (exact) mass is 188 g/mol. The zero-order valence-electron chi connectivity index (χ0n) is 7.01. The Morgan fingerprint density at radius 2 is 2.00 bits per heavy atom. The van der Waals surface area contributed by atoms with Gasteiger partial charge in [-0.3, -0.25) is 0 Å². The summed E-state index contributed by atoms with van der Waals surface area (Å²) in [6.45, 7) is 5.86. The fourth-order valence-corrected chi connectivity index (χ4v) is 1.15. The van der Waals surface area contributed by atoms with Crippen LogP contribution in [0.2, 0.25) is 0 Å². The van der Waals surface area contributed by atoms with Crippen LogP contribution in [-0.2, 0) is 6.42 Å². The maximum absolute atomic E-state index is 3.71. The van der Waals surface area contributed by atoms with E-state index in [1.165, 1.54) is 11.1 Å². The fourth-order valence-electron chi connectivity index (χ4n) is 1.15. The molecule has 1 rings (SSSR count). The Balaban J connectivity index is 0.00000121. The van der Waals surface area contributed by atoms with Gasteiger partial charge in [0.05, 0.1) is 0 Å². The number of hydrogen-bond acceptors (Lipinski definition) is 0. The number of benzene rings is 1. The molecule has 0 fully saturated rings. The van der Waals surface area contributed by atoms with Gasteiger partial charge in [-0.15, -0.1) is 6.58 Å². The molecule has 0 aliphatic carbocycles. The normalized spacial score (nSPS) is 8.75. The average molecular weight is 188 g/mol. The van der Waals surface area contributed by atoms with Crippen molar-refractivity contribution in [1.82, 2.24) is 0 Å². The molecule has 1 aromatic carbocycles. The van der Waals surface area contributed by atoms with Crippen LogP contribution in [0.15, 0.2) is 36.9 Å². The number of allylic oxidation sites excluding steroid dienone is 1. The zero-order chi connectivity index (χ0) is 8.10. The van der Waals surface area contributed by atoms with E-state index in [9.17, 15) is 0 Å². The van der Waals surface area contributed by atoms with Crippen LogP contribution < -0.4 is 0 Å². The molecule has 0 atom stereocenters. The summed E-state index contributed by atoms with van der Waals surface area (Å²) in [6.07, 6.45) is 4.16. The van der Waals surface area contributed by atoms with Gasteiger partial charge in [-0.1, -0.05) is 30.3 Å². The van der Waals surface area contributed by atoms with Crippen LogP contribution in [0.25, 0.3) is 0 Å². The first-order valence-corrected chi connectivity index (χ1v) is 4.00. The van der Waals surface area contributed by atoms with Crippen molar-refractivity contribution in [3.63, 3.8) is 0 Å². The van der Waals surface area contributed by atoms with Crippen molar-refractivity contribution >= 4 is 37.7 Å². The van der Waals surface area contributed by atoms with Gasteiger partial charge in [-0.05, 0) is 30.9 Å². The van der Waals surface area contributed by atoms with Crippen LogP contribution >= 0.6 is 0 Å². The quantitative estimate of drug-likeness (QED) is 0.504. The second-order valence-electron chi connectivity index (χ2n) is 2.75. The van der Waals surface area contributed by atoms with Crippen molar-refractivity contribution < 1.29 is 0 Å². The van der Waals surface area contributed by atoms with Gasteiger partial charge in [0.15, 0.2) is 0 Å². The summed E-state index contributed by atoms with van der Waals surface area (Å²) in [6, 6.07) is 8.50. The van der Waals surface area contributed by atoms with E-state index in [4.69, 9.17) is 0 Å². The number of hydrogen-bond donors (Lipinski definition) is 0. The Morgan fingerprint density at radius 1 is 1.33 bits per heavy atom. The molecule has 0 saturated carbocycles. The molecular weight excluding hydrogens is 172 g/mol. The number of rotatable bonds is 3. The fraction of sp³-hybridized carbons (Fsp3) is 0.273. The van der Waals surface area contributed by atoms with Crippen molar-refractivity contribution in [2.75, 3.05) is 0 Å². The summed E-state index contributed by atoms with van der Waals surface area (Å²) < 4.78 is 0. The number of aryl methyl sites for hydroxylation is 2. The summed E-state index contributed by atoms with van der Waals surface area (Å²) in [5.74, 6) is 0. The summed E-state index contributed by atoms with van der Waals surface area (Å²) in [5, 5.41) is 0. The Morgan fingerprint density at radius 3 is 2.58 bits per heavy atom. The zero-order valence-corrected chi connectivity index (χ0v) is 7.01. The second-order valence-corrected chi connectivity index (χ2v) is 2.75. The van der Waals surface area contributed by atoms with Crippen molar-refractivity contribution in [2.45, 2.75) is 19.8 Å². The molecule has 0 amide bonds. The van der Waals surface area contributed by atoms with Gasteiger partial charge in [0.1, 0.15) is 0 Å². The summed E-state index contributed by atoms with van der Waals surface area (Å²) in [4.78, 5) is 0. The van der Waals surface area contributed by atoms with Gasteiger partial charge in [0, 0.05) is 0 Å². The topological polar surface area (TPSA) is 0 Å². The Kier molecular flexibility index (Phi) is 6.83. The predicted octanol–water partition coefficient (Wildman–Crippen LogP) is 2.20. The SMILES string of the molecule is C=CCCc1ccccc1C.[CaH2]. The molecule has 0 bridgehead atoms. The van der Waals surface area contributed by atoms with Gasteiger partial charge in [0.25, 0.3) is 0 Å². The van der Waals surface area contributed by atoms with Crippen LogP contribution in [0.5, 0.6) is 0 Å². The van der Waals surface area contributed by atoms with Crippen molar-refractivity contribution in [2.24, 2.45) is 0 Å². The second kappa shape index (κ2) is 6.71.